The van der Waals surface area contributed by atoms with Crippen molar-refractivity contribution in [2.75, 3.05) is 38.7 Å². The highest BCUT2D eigenvalue weighted by Crippen LogP contribution is 2.50. The number of carbonyl (C=O) groups is 1. The van der Waals surface area contributed by atoms with Gasteiger partial charge in [-0.3, -0.25) is 4.90 Å². The predicted molar refractivity (Wildman–Crippen MR) is 150 cm³/mol. The van der Waals surface area contributed by atoms with Gasteiger partial charge in [-0.2, -0.15) is 0 Å². The maximum absolute atomic E-state index is 13.3. The van der Waals surface area contributed by atoms with Crippen LogP contribution in [0.25, 0.3) is 0 Å². The van der Waals surface area contributed by atoms with Gasteiger partial charge >= 0.3 is 6.03 Å². The lowest BCUT2D eigenvalue weighted by Crippen LogP contribution is -2.76. The van der Waals surface area contributed by atoms with Gasteiger partial charge in [-0.05, 0) is 80.4 Å². The van der Waals surface area contributed by atoms with Gasteiger partial charge in [0, 0.05) is 41.9 Å². The van der Waals surface area contributed by atoms with Crippen LogP contribution in [0.15, 0.2) is 78.9 Å². The summed E-state index contributed by atoms with van der Waals surface area (Å²) in [5, 5.41) is 13.8. The fourth-order valence-corrected chi connectivity index (χ4v) is 6.06. The third-order valence-corrected chi connectivity index (χ3v) is 7.96. The number of rotatable bonds is 4. The normalized spacial score (nSPS) is 23.1. The van der Waals surface area contributed by atoms with Gasteiger partial charge < -0.3 is 20.1 Å². The molecular weight excluding hydrogens is 474 g/mol. The third kappa shape index (κ3) is 5.13. The fraction of sp³-hybridized carbons (Fsp3) is 0.344. The van der Waals surface area contributed by atoms with Crippen molar-refractivity contribution in [1.29, 1.82) is 0 Å². The first kappa shape index (κ1) is 25.8. The number of anilines is 1. The largest absolute Gasteiger partial charge is 0.497 e. The number of amides is 2. The van der Waals surface area contributed by atoms with Gasteiger partial charge in [-0.25, -0.2) is 4.79 Å². The summed E-state index contributed by atoms with van der Waals surface area (Å²) in [6.07, 6.45) is 1.92. The molecule has 6 nitrogen and oxygen atoms in total. The van der Waals surface area contributed by atoms with E-state index >= 15 is 0 Å². The monoisotopic (exact) mass is 509 g/mol. The molecule has 0 unspecified atom stereocenters. The number of fused-ring (bicyclic) bond motifs is 1. The second-order valence-electron chi connectivity index (χ2n) is 10.2. The zero-order valence-electron chi connectivity index (χ0n) is 22.1. The van der Waals surface area contributed by atoms with Crippen LogP contribution in [0.3, 0.4) is 0 Å². The maximum atomic E-state index is 13.3. The van der Waals surface area contributed by atoms with Crippen LogP contribution in [-0.4, -0.2) is 65.9 Å². The Morgan fingerprint density at radius 1 is 0.974 bits per heavy atom. The van der Waals surface area contributed by atoms with Crippen molar-refractivity contribution in [3.05, 3.63) is 95.6 Å². The van der Waals surface area contributed by atoms with Crippen LogP contribution in [-0.2, 0) is 0 Å². The Morgan fingerprint density at radius 3 is 2.29 bits per heavy atom. The molecule has 3 atom stereocenters. The first-order valence-corrected chi connectivity index (χ1v) is 13.3. The zero-order chi connectivity index (χ0) is 26.5. The second kappa shape index (κ2) is 11.3. The predicted octanol–water partition coefficient (Wildman–Crippen LogP) is 4.94. The van der Waals surface area contributed by atoms with Crippen LogP contribution in [0.4, 0.5) is 10.5 Å². The van der Waals surface area contributed by atoms with Crippen LogP contribution in [0, 0.1) is 11.8 Å². The van der Waals surface area contributed by atoms with Gasteiger partial charge in [0.05, 0.1) is 19.3 Å². The molecule has 2 N–H and O–H groups in total. The molecule has 0 spiro atoms. The highest BCUT2D eigenvalue weighted by Gasteiger charge is 2.59. The Hall–Kier alpha value is -3.79. The van der Waals surface area contributed by atoms with E-state index in [4.69, 9.17) is 4.74 Å². The highest BCUT2D eigenvalue weighted by atomic mass is 16.5. The van der Waals surface area contributed by atoms with E-state index in [1.165, 1.54) is 5.56 Å². The summed E-state index contributed by atoms with van der Waals surface area (Å²) in [5.41, 5.74) is 3.32. The number of methoxy groups -OCH3 is 1. The minimum Gasteiger partial charge on any atom is -0.497 e. The van der Waals surface area contributed by atoms with Crippen LogP contribution < -0.4 is 10.1 Å². The highest BCUT2D eigenvalue weighted by molar-refractivity contribution is 5.89. The van der Waals surface area contributed by atoms with Gasteiger partial charge in [-0.1, -0.05) is 42.2 Å². The summed E-state index contributed by atoms with van der Waals surface area (Å²) in [5.74, 6) is 7.31. The van der Waals surface area contributed by atoms with Gasteiger partial charge in [-0.15, -0.1) is 0 Å². The summed E-state index contributed by atoms with van der Waals surface area (Å²) < 4.78 is 5.22. The van der Waals surface area contributed by atoms with Crippen molar-refractivity contribution in [2.45, 2.75) is 37.3 Å². The Kier molecular flexibility index (Phi) is 7.69. The molecule has 3 aromatic rings. The number of ether oxygens (including phenoxy) is 1. The molecule has 196 valence electrons. The number of hydrogen-bond donors (Lipinski definition) is 2. The van der Waals surface area contributed by atoms with E-state index in [-0.39, 0.29) is 24.6 Å². The van der Waals surface area contributed by atoms with E-state index in [2.05, 4.69) is 53.2 Å². The lowest BCUT2D eigenvalue weighted by molar-refractivity contribution is -0.134. The summed E-state index contributed by atoms with van der Waals surface area (Å²) >= 11 is 0. The minimum absolute atomic E-state index is 0.0100. The number of nitrogens with one attached hydrogen (secondary N) is 1. The lowest BCUT2D eigenvalue weighted by Gasteiger charge is -2.64. The maximum Gasteiger partial charge on any atom is 0.321 e. The Morgan fingerprint density at radius 2 is 1.63 bits per heavy atom. The van der Waals surface area contributed by atoms with E-state index < -0.39 is 5.54 Å². The number of urea groups is 1. The van der Waals surface area contributed by atoms with Gasteiger partial charge in [0.25, 0.3) is 0 Å². The number of aliphatic hydroxyl groups is 1. The number of nitrogens with zero attached hydrogens (tertiary/aromatic N) is 2. The molecule has 2 aliphatic rings. The smallest absolute Gasteiger partial charge is 0.321 e. The van der Waals surface area contributed by atoms with Crippen molar-refractivity contribution in [1.82, 2.24) is 9.80 Å². The number of hydrogen-bond acceptors (Lipinski definition) is 4. The molecule has 2 amide bonds. The Balaban J connectivity index is 1.35. The molecule has 38 heavy (non-hydrogen) atoms. The van der Waals surface area contributed by atoms with Gasteiger partial charge in [0.15, 0.2) is 0 Å². The second-order valence-corrected chi connectivity index (χ2v) is 10.2. The lowest BCUT2D eigenvalue weighted by atomic mass is 9.64. The molecular formula is C32H35N3O3. The zero-order valence-corrected chi connectivity index (χ0v) is 22.1. The molecule has 2 heterocycles. The number of carbonyl (C=O) groups excluding carboxylic acids is 1. The average molecular weight is 510 g/mol. The van der Waals surface area contributed by atoms with Crippen LogP contribution in [0.2, 0.25) is 0 Å². The van der Waals surface area contributed by atoms with E-state index in [1.54, 1.807) is 7.11 Å². The molecule has 5 rings (SSSR count). The molecule has 3 aromatic carbocycles. The Labute approximate surface area is 225 Å². The van der Waals surface area contributed by atoms with Crippen LogP contribution in [0.1, 0.15) is 42.4 Å². The van der Waals surface area contributed by atoms with E-state index in [0.29, 0.717) is 13.1 Å². The summed E-state index contributed by atoms with van der Waals surface area (Å²) in [7, 11) is 1.62. The molecule has 6 heteroatoms. The summed E-state index contributed by atoms with van der Waals surface area (Å²) in [6.45, 7) is 4.27. The molecule has 0 aliphatic carbocycles. The molecule has 0 saturated carbocycles. The Bertz CT molecular complexity index is 1300. The SMILES string of the molecule is COc1ccc(NC(=O)N2CCCCN3[C@H](C)[C@H](c4ccc(C#Cc5ccccc5)cc4)[C@]3(CO)C2)cc1. The van der Waals surface area contributed by atoms with E-state index in [9.17, 15) is 9.90 Å². The first-order valence-electron chi connectivity index (χ1n) is 13.3. The van der Waals surface area contributed by atoms with E-state index in [1.807, 2.05) is 59.5 Å². The summed E-state index contributed by atoms with van der Waals surface area (Å²) in [6, 6.07) is 25.8. The molecule has 2 saturated heterocycles. The van der Waals surface area contributed by atoms with Gasteiger partial charge in [0.1, 0.15) is 5.75 Å². The van der Waals surface area contributed by atoms with Crippen molar-refractivity contribution < 1.29 is 14.6 Å². The minimum atomic E-state index is -0.520. The molecule has 2 fully saturated rings. The van der Waals surface area contributed by atoms with Crippen molar-refractivity contribution in [3.8, 4) is 17.6 Å². The number of benzene rings is 3. The van der Waals surface area contributed by atoms with Crippen LogP contribution in [0.5, 0.6) is 5.75 Å². The topological polar surface area (TPSA) is 65.0 Å². The van der Waals surface area contributed by atoms with Crippen molar-refractivity contribution in [3.63, 3.8) is 0 Å². The fourth-order valence-electron chi connectivity index (χ4n) is 6.06. The van der Waals surface area contributed by atoms with Crippen LogP contribution >= 0.6 is 0 Å². The molecule has 0 radical (unpaired) electrons. The molecule has 2 aliphatic heterocycles. The quantitative estimate of drug-likeness (QED) is 0.489. The molecule has 0 bridgehead atoms. The summed E-state index contributed by atoms with van der Waals surface area (Å²) in [4.78, 5) is 17.6. The number of aliphatic hydroxyl groups excluding tert-OH is 1. The standard InChI is InChI=1S/C32H35N3O3/c1-24-30(27-14-12-26(13-15-27)11-10-25-8-4-3-5-9-25)32(23-36)22-34(20-6-7-21-35(24)32)31(37)33-28-16-18-29(38-2)19-17-28/h3-5,8-9,12-19,24,30,36H,6-7,20-23H2,1-2H3,(H,33,37)/t24-,30-,32-/m1/s1. The third-order valence-electron chi connectivity index (χ3n) is 7.96. The van der Waals surface area contributed by atoms with Gasteiger partial charge in [0.2, 0.25) is 0 Å². The van der Waals surface area contributed by atoms with E-state index in [0.717, 1.165) is 42.0 Å². The van der Waals surface area contributed by atoms with Crippen molar-refractivity contribution in [2.24, 2.45) is 0 Å². The molecule has 0 aromatic heterocycles. The van der Waals surface area contributed by atoms with Crippen molar-refractivity contribution >= 4 is 11.7 Å². The average Bonchev–Trinajstić information content (AvgIpc) is 2.94. The first-order chi connectivity index (χ1) is 18.5.